The van der Waals surface area contributed by atoms with Gasteiger partial charge in [0.1, 0.15) is 6.33 Å². The molecule has 0 aliphatic carbocycles. The molecule has 5 aromatic rings. The Morgan fingerprint density at radius 3 is 2.09 bits per heavy atom. The Bertz CT molecular complexity index is 1870. The van der Waals surface area contributed by atoms with Crippen LogP contribution in [-0.4, -0.2) is 48.4 Å². The molecule has 47 heavy (non-hydrogen) atoms. The summed E-state index contributed by atoms with van der Waals surface area (Å²) in [6.07, 6.45) is 0.705. The summed E-state index contributed by atoms with van der Waals surface area (Å²) in [6.45, 7) is 2.30. The molecule has 1 N–H and O–H groups in total. The third-order valence-corrected chi connectivity index (χ3v) is 10.0. The smallest absolute Gasteiger partial charge is 0.261 e. The van der Waals surface area contributed by atoms with E-state index in [0.29, 0.717) is 16.9 Å². The number of benzene rings is 4. The van der Waals surface area contributed by atoms with Crippen molar-refractivity contribution in [3.63, 3.8) is 0 Å². The summed E-state index contributed by atoms with van der Waals surface area (Å²) in [4.78, 5) is 27.5. The van der Waals surface area contributed by atoms with E-state index < -0.39 is 6.29 Å². The Kier molecular flexibility index (Phi) is 8.74. The highest BCUT2D eigenvalue weighted by Crippen LogP contribution is 2.43. The van der Waals surface area contributed by atoms with Crippen molar-refractivity contribution >= 4 is 23.6 Å². The van der Waals surface area contributed by atoms with Crippen molar-refractivity contribution in [3.05, 3.63) is 137 Å². The van der Waals surface area contributed by atoms with Crippen LogP contribution in [0.3, 0.4) is 0 Å². The number of aryl methyl sites for hydroxylation is 1. The number of aromatic nitrogens is 3. The van der Waals surface area contributed by atoms with E-state index in [2.05, 4.69) is 17.1 Å². The third kappa shape index (κ3) is 6.13. The number of rotatable bonds is 9. The fraction of sp³-hybridized carbons (Fsp3) is 0.243. The van der Waals surface area contributed by atoms with Gasteiger partial charge in [-0.2, -0.15) is 0 Å². The molecule has 238 valence electrons. The second-order valence-corrected chi connectivity index (χ2v) is 12.9. The van der Waals surface area contributed by atoms with Gasteiger partial charge in [0.15, 0.2) is 11.4 Å². The van der Waals surface area contributed by atoms with Gasteiger partial charge in [-0.25, -0.2) is 0 Å². The molecule has 0 bridgehead atoms. The molecule has 4 atom stereocenters. The quantitative estimate of drug-likeness (QED) is 0.146. The van der Waals surface area contributed by atoms with Gasteiger partial charge in [0.25, 0.3) is 11.8 Å². The average molecular weight is 647 g/mol. The minimum absolute atomic E-state index is 0.0160. The highest BCUT2D eigenvalue weighted by atomic mass is 32.2. The fourth-order valence-corrected chi connectivity index (χ4v) is 7.23. The molecular weight excluding hydrogens is 612 g/mol. The number of amides is 2. The van der Waals surface area contributed by atoms with Crippen LogP contribution in [0.2, 0.25) is 0 Å². The number of ether oxygens (including phenoxy) is 2. The number of carbonyl (C=O) groups excluding carboxylic acids is 2. The molecule has 0 saturated carbocycles. The van der Waals surface area contributed by atoms with Gasteiger partial charge in [0, 0.05) is 24.3 Å². The molecule has 0 unspecified atom stereocenters. The lowest BCUT2D eigenvalue weighted by molar-refractivity contribution is -0.268. The summed E-state index contributed by atoms with van der Waals surface area (Å²) < 4.78 is 15.1. The van der Waals surface area contributed by atoms with Gasteiger partial charge in [0.05, 0.1) is 36.5 Å². The predicted octanol–water partition coefficient (Wildman–Crippen LogP) is 6.35. The van der Waals surface area contributed by atoms with Crippen molar-refractivity contribution in [2.45, 2.75) is 43.7 Å². The highest BCUT2D eigenvalue weighted by Gasteiger charge is 2.39. The summed E-state index contributed by atoms with van der Waals surface area (Å²) in [6, 6.07) is 30.7. The summed E-state index contributed by atoms with van der Waals surface area (Å²) in [5.74, 6) is 0.162. The maximum Gasteiger partial charge on any atom is 0.261 e. The Balaban J connectivity index is 1.13. The van der Waals surface area contributed by atoms with E-state index in [1.54, 1.807) is 42.4 Å². The second-order valence-electron chi connectivity index (χ2n) is 11.9. The Labute approximate surface area is 277 Å². The SMILES string of the molecule is C[C@@H]1[C@H](CSc2nncn2C)O[C@H](c2ccc(-c3ccccc3CN3C(=O)c4ccccc4C3=O)cc2)O[C@@H]1c1ccc(CO)cc1. The lowest BCUT2D eigenvalue weighted by atomic mass is 9.91. The zero-order valence-corrected chi connectivity index (χ0v) is 26.8. The van der Waals surface area contributed by atoms with Crippen LogP contribution < -0.4 is 0 Å². The molecule has 1 aromatic heterocycles. The topological polar surface area (TPSA) is 107 Å². The number of carbonyl (C=O) groups is 2. The van der Waals surface area contributed by atoms with Gasteiger partial charge >= 0.3 is 0 Å². The van der Waals surface area contributed by atoms with E-state index in [9.17, 15) is 14.7 Å². The van der Waals surface area contributed by atoms with Crippen LogP contribution in [0.5, 0.6) is 0 Å². The number of fused-ring (bicyclic) bond motifs is 1. The predicted molar refractivity (Wildman–Crippen MR) is 177 cm³/mol. The monoisotopic (exact) mass is 646 g/mol. The van der Waals surface area contributed by atoms with Crippen LogP contribution in [0.1, 0.15) is 62.3 Å². The molecule has 1 fully saturated rings. The number of hydrogen-bond acceptors (Lipinski definition) is 8. The first-order valence-electron chi connectivity index (χ1n) is 15.5. The molecule has 7 rings (SSSR count). The first-order valence-corrected chi connectivity index (χ1v) is 16.5. The van der Waals surface area contributed by atoms with Gasteiger partial charge in [-0.1, -0.05) is 104 Å². The van der Waals surface area contributed by atoms with E-state index in [0.717, 1.165) is 38.5 Å². The Morgan fingerprint density at radius 1 is 0.809 bits per heavy atom. The lowest BCUT2D eigenvalue weighted by Crippen LogP contribution is -2.38. The van der Waals surface area contributed by atoms with Crippen molar-refractivity contribution in [2.24, 2.45) is 13.0 Å². The molecule has 9 nitrogen and oxygen atoms in total. The number of imide groups is 1. The van der Waals surface area contributed by atoms with Gasteiger partial charge in [-0.3, -0.25) is 14.5 Å². The van der Waals surface area contributed by atoms with Gasteiger partial charge in [-0.05, 0) is 39.9 Å². The molecule has 2 aliphatic rings. The number of hydrogen-bond donors (Lipinski definition) is 1. The number of aliphatic hydroxyl groups is 1. The van der Waals surface area contributed by atoms with Gasteiger partial charge in [0.2, 0.25) is 0 Å². The molecule has 0 radical (unpaired) electrons. The number of aliphatic hydroxyl groups excluding tert-OH is 1. The van der Waals surface area contributed by atoms with Crippen molar-refractivity contribution in [1.29, 1.82) is 0 Å². The van der Waals surface area contributed by atoms with Crippen LogP contribution in [-0.2, 0) is 29.7 Å². The third-order valence-electron chi connectivity index (χ3n) is 8.89. The van der Waals surface area contributed by atoms with Crippen molar-refractivity contribution in [1.82, 2.24) is 19.7 Å². The average Bonchev–Trinajstić information content (AvgIpc) is 3.63. The number of nitrogens with zero attached hydrogens (tertiary/aromatic N) is 4. The van der Waals surface area contributed by atoms with E-state index >= 15 is 0 Å². The second kappa shape index (κ2) is 13.2. The van der Waals surface area contributed by atoms with Crippen molar-refractivity contribution in [3.8, 4) is 11.1 Å². The Morgan fingerprint density at radius 2 is 1.45 bits per heavy atom. The molecule has 4 aromatic carbocycles. The first kappa shape index (κ1) is 31.0. The maximum atomic E-state index is 13.1. The highest BCUT2D eigenvalue weighted by molar-refractivity contribution is 7.99. The summed E-state index contributed by atoms with van der Waals surface area (Å²) >= 11 is 1.60. The molecule has 3 heterocycles. The number of thioether (sulfide) groups is 1. The summed E-state index contributed by atoms with van der Waals surface area (Å²) in [5.41, 5.74) is 6.40. The summed E-state index contributed by atoms with van der Waals surface area (Å²) in [5, 5.41) is 18.6. The van der Waals surface area contributed by atoms with Crippen LogP contribution in [0.25, 0.3) is 11.1 Å². The van der Waals surface area contributed by atoms with Crippen LogP contribution in [0, 0.1) is 5.92 Å². The van der Waals surface area contributed by atoms with E-state index in [1.165, 1.54) is 4.90 Å². The molecule has 2 aliphatic heterocycles. The fourth-order valence-electron chi connectivity index (χ4n) is 6.18. The maximum absolute atomic E-state index is 13.1. The molecular formula is C37H34N4O5S. The van der Waals surface area contributed by atoms with Crippen LogP contribution in [0.15, 0.2) is 109 Å². The molecule has 1 saturated heterocycles. The normalized spacial score (nSPS) is 20.9. The first-order chi connectivity index (χ1) is 22.9. The van der Waals surface area contributed by atoms with Crippen molar-refractivity contribution in [2.75, 3.05) is 5.75 Å². The molecule has 2 amide bonds. The zero-order valence-electron chi connectivity index (χ0n) is 26.0. The van der Waals surface area contributed by atoms with E-state index in [4.69, 9.17) is 9.47 Å². The zero-order chi connectivity index (χ0) is 32.5. The minimum atomic E-state index is -0.610. The van der Waals surface area contributed by atoms with E-state index in [1.807, 2.05) is 84.4 Å². The molecule has 10 heteroatoms. The van der Waals surface area contributed by atoms with Gasteiger partial charge in [-0.15, -0.1) is 10.2 Å². The van der Waals surface area contributed by atoms with Crippen LogP contribution >= 0.6 is 11.8 Å². The lowest BCUT2D eigenvalue weighted by Gasteiger charge is -2.41. The largest absolute Gasteiger partial charge is 0.392 e. The van der Waals surface area contributed by atoms with E-state index in [-0.39, 0.29) is 43.1 Å². The summed E-state index contributed by atoms with van der Waals surface area (Å²) in [7, 11) is 1.92. The minimum Gasteiger partial charge on any atom is -0.392 e. The molecule has 0 spiro atoms. The standard InChI is InChI=1S/C37H34N4O5S/c1-23-32(21-47-37-39-38-22-40(37)2)45-36(46-33(23)26-13-11-24(20-42)12-14-26)27-17-15-25(16-18-27)29-8-4-3-7-28(29)19-41-34(43)30-9-5-6-10-31(30)35(41)44/h3-18,22-23,32-33,36,42H,19-21H2,1-2H3/t23-,32+,33+,36+/m1/s1. The van der Waals surface area contributed by atoms with Crippen LogP contribution in [0.4, 0.5) is 0 Å². The van der Waals surface area contributed by atoms with Crippen molar-refractivity contribution < 1.29 is 24.2 Å². The Hall–Kier alpha value is -4.61. The van der Waals surface area contributed by atoms with Gasteiger partial charge < -0.3 is 19.1 Å².